The van der Waals surface area contributed by atoms with Crippen LogP contribution in [0.3, 0.4) is 0 Å². The van der Waals surface area contributed by atoms with Crippen molar-refractivity contribution in [2.24, 2.45) is 0 Å². The van der Waals surface area contributed by atoms with Crippen LogP contribution >= 0.6 is 0 Å². The summed E-state index contributed by atoms with van der Waals surface area (Å²) in [6.45, 7) is 4.23. The van der Waals surface area contributed by atoms with Crippen molar-refractivity contribution in [3.63, 3.8) is 0 Å². The monoisotopic (exact) mass is 249 g/mol. The van der Waals surface area contributed by atoms with Gasteiger partial charge in [0.25, 0.3) is 0 Å². The molecule has 0 radical (unpaired) electrons. The van der Waals surface area contributed by atoms with Crippen LogP contribution in [0.1, 0.15) is 37.3 Å². The standard InChI is InChI=1S/C15H23NO2/c1-2-18-11-13-7-4-3-6-12(13)10-16-14-8-5-9-15(14)17/h3-4,6-7,14-17H,2,5,8-11H2,1H3. The van der Waals surface area contributed by atoms with Gasteiger partial charge in [-0.25, -0.2) is 0 Å². The van der Waals surface area contributed by atoms with Gasteiger partial charge in [0, 0.05) is 19.2 Å². The van der Waals surface area contributed by atoms with Gasteiger partial charge in [0.05, 0.1) is 12.7 Å². The Morgan fingerprint density at radius 1 is 1.28 bits per heavy atom. The van der Waals surface area contributed by atoms with Gasteiger partial charge in [-0.05, 0) is 37.3 Å². The van der Waals surface area contributed by atoms with E-state index in [2.05, 4.69) is 23.5 Å². The maximum absolute atomic E-state index is 9.79. The molecule has 1 saturated carbocycles. The summed E-state index contributed by atoms with van der Waals surface area (Å²) in [5, 5.41) is 13.2. The summed E-state index contributed by atoms with van der Waals surface area (Å²) in [7, 11) is 0. The van der Waals surface area contributed by atoms with Gasteiger partial charge in [0.1, 0.15) is 0 Å². The molecular weight excluding hydrogens is 226 g/mol. The van der Waals surface area contributed by atoms with Crippen molar-refractivity contribution in [1.82, 2.24) is 5.32 Å². The molecule has 0 aromatic heterocycles. The van der Waals surface area contributed by atoms with Crippen molar-refractivity contribution in [1.29, 1.82) is 0 Å². The van der Waals surface area contributed by atoms with Crippen LogP contribution in [0.25, 0.3) is 0 Å². The average molecular weight is 249 g/mol. The number of aliphatic hydroxyl groups is 1. The van der Waals surface area contributed by atoms with E-state index in [1.165, 1.54) is 11.1 Å². The molecule has 100 valence electrons. The first kappa shape index (κ1) is 13.5. The SMILES string of the molecule is CCOCc1ccccc1CNC1CCCC1O. The van der Waals surface area contributed by atoms with Gasteiger partial charge in [0.15, 0.2) is 0 Å². The molecule has 2 rings (SSSR count). The molecule has 1 fully saturated rings. The van der Waals surface area contributed by atoms with Crippen molar-refractivity contribution in [3.05, 3.63) is 35.4 Å². The summed E-state index contributed by atoms with van der Waals surface area (Å²) in [5.74, 6) is 0. The molecule has 0 aliphatic heterocycles. The quantitative estimate of drug-likeness (QED) is 0.812. The van der Waals surface area contributed by atoms with E-state index in [1.54, 1.807) is 0 Å². The Morgan fingerprint density at radius 3 is 2.72 bits per heavy atom. The number of aliphatic hydroxyl groups excluding tert-OH is 1. The highest BCUT2D eigenvalue weighted by Crippen LogP contribution is 2.19. The zero-order chi connectivity index (χ0) is 12.8. The number of benzene rings is 1. The Morgan fingerprint density at radius 2 is 2.06 bits per heavy atom. The first-order chi connectivity index (χ1) is 8.81. The normalized spacial score (nSPS) is 23.4. The molecule has 0 heterocycles. The van der Waals surface area contributed by atoms with Crippen molar-refractivity contribution in [3.8, 4) is 0 Å². The molecule has 2 N–H and O–H groups in total. The Bertz CT molecular complexity index is 367. The van der Waals surface area contributed by atoms with E-state index in [0.29, 0.717) is 6.61 Å². The lowest BCUT2D eigenvalue weighted by Gasteiger charge is -2.18. The number of hydrogen-bond acceptors (Lipinski definition) is 3. The summed E-state index contributed by atoms with van der Waals surface area (Å²) >= 11 is 0. The molecule has 18 heavy (non-hydrogen) atoms. The minimum atomic E-state index is -0.177. The van der Waals surface area contributed by atoms with Gasteiger partial charge < -0.3 is 15.2 Å². The van der Waals surface area contributed by atoms with Crippen LogP contribution in [0, 0.1) is 0 Å². The highest BCUT2D eigenvalue weighted by Gasteiger charge is 2.24. The summed E-state index contributed by atoms with van der Waals surface area (Å²) in [6, 6.07) is 8.59. The van der Waals surface area contributed by atoms with E-state index < -0.39 is 0 Å². The van der Waals surface area contributed by atoms with Gasteiger partial charge in [-0.3, -0.25) is 0 Å². The highest BCUT2D eigenvalue weighted by atomic mass is 16.5. The average Bonchev–Trinajstić information content (AvgIpc) is 2.80. The van der Waals surface area contributed by atoms with Gasteiger partial charge in [0.2, 0.25) is 0 Å². The predicted octanol–water partition coefficient (Wildman–Crippen LogP) is 2.23. The number of rotatable bonds is 6. The number of ether oxygens (including phenoxy) is 1. The van der Waals surface area contributed by atoms with Crippen LogP contribution in [0.15, 0.2) is 24.3 Å². The van der Waals surface area contributed by atoms with Crippen LogP contribution in [-0.4, -0.2) is 23.9 Å². The van der Waals surface area contributed by atoms with Gasteiger partial charge >= 0.3 is 0 Å². The smallest absolute Gasteiger partial charge is 0.0719 e. The summed E-state index contributed by atoms with van der Waals surface area (Å²) in [6.07, 6.45) is 2.95. The Labute approximate surface area is 109 Å². The Kier molecular flexibility index (Phi) is 5.17. The van der Waals surface area contributed by atoms with Crippen LogP contribution < -0.4 is 5.32 Å². The second-order valence-electron chi connectivity index (χ2n) is 4.89. The Balaban J connectivity index is 1.91. The Hall–Kier alpha value is -0.900. The lowest BCUT2D eigenvalue weighted by atomic mass is 10.1. The van der Waals surface area contributed by atoms with Crippen molar-refractivity contribution >= 4 is 0 Å². The highest BCUT2D eigenvalue weighted by molar-refractivity contribution is 5.26. The fraction of sp³-hybridized carbons (Fsp3) is 0.600. The van der Waals surface area contributed by atoms with Gasteiger partial charge in [-0.15, -0.1) is 0 Å². The van der Waals surface area contributed by atoms with Crippen LogP contribution in [0.2, 0.25) is 0 Å². The maximum atomic E-state index is 9.79. The van der Waals surface area contributed by atoms with Crippen LogP contribution in [-0.2, 0) is 17.9 Å². The number of nitrogens with one attached hydrogen (secondary N) is 1. The topological polar surface area (TPSA) is 41.5 Å². The summed E-state index contributed by atoms with van der Waals surface area (Å²) < 4.78 is 5.48. The number of hydrogen-bond donors (Lipinski definition) is 2. The zero-order valence-electron chi connectivity index (χ0n) is 11.1. The van der Waals surface area contributed by atoms with Gasteiger partial charge in [-0.2, -0.15) is 0 Å². The minimum Gasteiger partial charge on any atom is -0.392 e. The van der Waals surface area contributed by atoms with E-state index >= 15 is 0 Å². The first-order valence-corrected chi connectivity index (χ1v) is 6.87. The molecule has 1 aromatic rings. The minimum absolute atomic E-state index is 0.177. The third kappa shape index (κ3) is 3.55. The van der Waals surface area contributed by atoms with E-state index in [4.69, 9.17) is 4.74 Å². The van der Waals surface area contributed by atoms with E-state index in [0.717, 1.165) is 32.4 Å². The molecule has 2 unspecified atom stereocenters. The van der Waals surface area contributed by atoms with Crippen LogP contribution in [0.4, 0.5) is 0 Å². The molecule has 0 bridgehead atoms. The second-order valence-corrected chi connectivity index (χ2v) is 4.89. The van der Waals surface area contributed by atoms with E-state index in [-0.39, 0.29) is 12.1 Å². The second kappa shape index (κ2) is 6.88. The maximum Gasteiger partial charge on any atom is 0.0719 e. The van der Waals surface area contributed by atoms with Crippen molar-refractivity contribution < 1.29 is 9.84 Å². The van der Waals surface area contributed by atoms with E-state index in [9.17, 15) is 5.11 Å². The molecule has 1 aliphatic carbocycles. The summed E-state index contributed by atoms with van der Waals surface area (Å²) in [5.41, 5.74) is 2.50. The molecule has 0 spiro atoms. The van der Waals surface area contributed by atoms with E-state index in [1.807, 2.05) is 13.0 Å². The first-order valence-electron chi connectivity index (χ1n) is 6.87. The predicted molar refractivity (Wildman–Crippen MR) is 72.3 cm³/mol. The molecular formula is C15H23NO2. The molecule has 1 aromatic carbocycles. The lowest BCUT2D eigenvalue weighted by Crippen LogP contribution is -2.35. The molecule has 3 nitrogen and oxygen atoms in total. The third-order valence-electron chi connectivity index (χ3n) is 3.61. The zero-order valence-corrected chi connectivity index (χ0v) is 11.1. The lowest BCUT2D eigenvalue weighted by molar-refractivity contribution is 0.132. The molecule has 1 aliphatic rings. The molecule has 0 saturated heterocycles. The molecule has 2 atom stereocenters. The van der Waals surface area contributed by atoms with Crippen molar-refractivity contribution in [2.45, 2.75) is 51.5 Å². The third-order valence-corrected chi connectivity index (χ3v) is 3.61. The molecule has 3 heteroatoms. The fourth-order valence-electron chi connectivity index (χ4n) is 2.50. The van der Waals surface area contributed by atoms with Crippen molar-refractivity contribution in [2.75, 3.05) is 6.61 Å². The fourth-order valence-corrected chi connectivity index (χ4v) is 2.50. The largest absolute Gasteiger partial charge is 0.392 e. The van der Waals surface area contributed by atoms with Crippen LogP contribution in [0.5, 0.6) is 0 Å². The summed E-state index contributed by atoms with van der Waals surface area (Å²) in [4.78, 5) is 0. The molecule has 0 amide bonds. The van der Waals surface area contributed by atoms with Gasteiger partial charge in [-0.1, -0.05) is 24.3 Å².